The third-order valence-corrected chi connectivity index (χ3v) is 4.63. The van der Waals surface area contributed by atoms with Gasteiger partial charge in [0, 0.05) is 17.8 Å². The van der Waals surface area contributed by atoms with Gasteiger partial charge in [-0.1, -0.05) is 43.3 Å². The molecule has 0 fully saturated rings. The molecule has 112 valence electrons. The summed E-state index contributed by atoms with van der Waals surface area (Å²) < 4.78 is 0. The number of fused-ring (bicyclic) bond motifs is 1. The molecule has 0 bridgehead atoms. The first-order valence-electron chi connectivity index (χ1n) is 7.48. The van der Waals surface area contributed by atoms with Crippen molar-refractivity contribution in [2.45, 2.75) is 19.8 Å². The van der Waals surface area contributed by atoms with E-state index in [9.17, 15) is 0 Å². The van der Waals surface area contributed by atoms with Crippen molar-refractivity contribution in [3.63, 3.8) is 0 Å². The molecule has 0 radical (unpaired) electrons. The number of rotatable bonds is 6. The lowest BCUT2D eigenvalue weighted by Crippen LogP contribution is -2.05. The van der Waals surface area contributed by atoms with Crippen molar-refractivity contribution < 1.29 is 0 Å². The van der Waals surface area contributed by atoms with Crippen LogP contribution in [0, 0.1) is 0 Å². The van der Waals surface area contributed by atoms with Crippen LogP contribution in [0.2, 0.25) is 0 Å². The van der Waals surface area contributed by atoms with Crippen LogP contribution in [0.5, 0.6) is 0 Å². The van der Waals surface area contributed by atoms with Crippen molar-refractivity contribution in [1.29, 1.82) is 0 Å². The van der Waals surface area contributed by atoms with Gasteiger partial charge in [0.05, 0.1) is 5.39 Å². The van der Waals surface area contributed by atoms with Crippen LogP contribution < -0.4 is 5.32 Å². The highest BCUT2D eigenvalue weighted by Gasteiger charge is 2.11. The molecule has 1 aromatic carbocycles. The fraction of sp³-hybridized carbons (Fsp3) is 0.222. The van der Waals surface area contributed by atoms with Gasteiger partial charge in [-0.15, -0.1) is 17.9 Å². The van der Waals surface area contributed by atoms with E-state index in [-0.39, 0.29) is 0 Å². The summed E-state index contributed by atoms with van der Waals surface area (Å²) in [6.07, 6.45) is 3.62. The molecule has 3 rings (SSSR count). The molecular formula is C18H19N3S. The SMILES string of the molecule is C=CCNc1nc(Cc2ccccc2)nc2sc(CC)cc12. The lowest BCUT2D eigenvalue weighted by atomic mass is 10.1. The van der Waals surface area contributed by atoms with Crippen LogP contribution in [0.4, 0.5) is 5.82 Å². The van der Waals surface area contributed by atoms with E-state index in [2.05, 4.69) is 37.0 Å². The van der Waals surface area contributed by atoms with E-state index in [1.54, 1.807) is 11.3 Å². The van der Waals surface area contributed by atoms with E-state index >= 15 is 0 Å². The Bertz CT molecular complexity index is 778. The minimum absolute atomic E-state index is 0.703. The minimum atomic E-state index is 0.703. The summed E-state index contributed by atoms with van der Waals surface area (Å²) in [5.74, 6) is 1.77. The van der Waals surface area contributed by atoms with Gasteiger partial charge < -0.3 is 5.32 Å². The van der Waals surface area contributed by atoms with Crippen LogP contribution in [-0.4, -0.2) is 16.5 Å². The Kier molecular flexibility index (Phi) is 4.49. The van der Waals surface area contributed by atoms with Crippen LogP contribution in [0.3, 0.4) is 0 Å². The smallest absolute Gasteiger partial charge is 0.138 e. The Morgan fingerprint density at radius 1 is 1.23 bits per heavy atom. The number of aryl methyl sites for hydroxylation is 1. The molecule has 0 aliphatic rings. The van der Waals surface area contributed by atoms with Gasteiger partial charge in [-0.25, -0.2) is 9.97 Å². The highest BCUT2D eigenvalue weighted by atomic mass is 32.1. The monoisotopic (exact) mass is 309 g/mol. The first-order chi connectivity index (χ1) is 10.8. The molecule has 0 amide bonds. The average Bonchev–Trinajstić information content (AvgIpc) is 2.97. The number of benzene rings is 1. The summed E-state index contributed by atoms with van der Waals surface area (Å²) in [7, 11) is 0. The van der Waals surface area contributed by atoms with Gasteiger partial charge in [0.1, 0.15) is 16.5 Å². The Balaban J connectivity index is 2.01. The van der Waals surface area contributed by atoms with Crippen molar-refractivity contribution in [1.82, 2.24) is 9.97 Å². The molecular weight excluding hydrogens is 290 g/mol. The van der Waals surface area contributed by atoms with E-state index in [0.29, 0.717) is 6.54 Å². The van der Waals surface area contributed by atoms with Crippen LogP contribution in [0.25, 0.3) is 10.2 Å². The summed E-state index contributed by atoms with van der Waals surface area (Å²) in [5, 5.41) is 4.45. The second kappa shape index (κ2) is 6.71. The quantitative estimate of drug-likeness (QED) is 0.684. The highest BCUT2D eigenvalue weighted by Crippen LogP contribution is 2.29. The van der Waals surface area contributed by atoms with Crippen molar-refractivity contribution >= 4 is 27.4 Å². The zero-order valence-electron chi connectivity index (χ0n) is 12.7. The fourth-order valence-electron chi connectivity index (χ4n) is 2.35. The Hall–Kier alpha value is -2.20. The minimum Gasteiger partial charge on any atom is -0.366 e. The van der Waals surface area contributed by atoms with Gasteiger partial charge >= 0.3 is 0 Å². The lowest BCUT2D eigenvalue weighted by Gasteiger charge is -2.07. The molecule has 0 saturated carbocycles. The molecule has 22 heavy (non-hydrogen) atoms. The zero-order valence-corrected chi connectivity index (χ0v) is 13.5. The average molecular weight is 309 g/mol. The van der Waals surface area contributed by atoms with Gasteiger partial charge in [-0.3, -0.25) is 0 Å². The molecule has 0 spiro atoms. The molecule has 0 aliphatic carbocycles. The molecule has 0 aliphatic heterocycles. The summed E-state index contributed by atoms with van der Waals surface area (Å²) in [6.45, 7) is 6.63. The first kappa shape index (κ1) is 14.7. The summed E-state index contributed by atoms with van der Waals surface area (Å²) in [5.41, 5.74) is 1.23. The molecule has 2 heterocycles. The van der Waals surface area contributed by atoms with E-state index in [1.165, 1.54) is 10.4 Å². The second-order valence-electron chi connectivity index (χ2n) is 5.11. The van der Waals surface area contributed by atoms with Crippen molar-refractivity contribution in [2.24, 2.45) is 0 Å². The molecule has 0 unspecified atom stereocenters. The van der Waals surface area contributed by atoms with Gasteiger partial charge in [-0.2, -0.15) is 0 Å². The maximum Gasteiger partial charge on any atom is 0.138 e. The maximum atomic E-state index is 4.75. The molecule has 1 N–H and O–H groups in total. The summed E-state index contributed by atoms with van der Waals surface area (Å²) in [4.78, 5) is 11.9. The largest absolute Gasteiger partial charge is 0.366 e. The van der Waals surface area contributed by atoms with E-state index in [1.807, 2.05) is 24.3 Å². The molecule has 3 nitrogen and oxygen atoms in total. The van der Waals surface area contributed by atoms with Crippen LogP contribution in [0.15, 0.2) is 49.1 Å². The van der Waals surface area contributed by atoms with Gasteiger partial charge in [0.15, 0.2) is 0 Å². The second-order valence-corrected chi connectivity index (χ2v) is 6.22. The standard InChI is InChI=1S/C18H19N3S/c1-3-10-19-17-15-12-14(4-2)22-18(15)21-16(20-17)11-13-8-6-5-7-9-13/h3,5-9,12H,1,4,10-11H2,2H3,(H,19,20,21). The van der Waals surface area contributed by atoms with Crippen molar-refractivity contribution in [2.75, 3.05) is 11.9 Å². The maximum absolute atomic E-state index is 4.75. The van der Waals surface area contributed by atoms with Gasteiger partial charge in [0.2, 0.25) is 0 Å². The number of hydrogen-bond donors (Lipinski definition) is 1. The number of thiophene rings is 1. The topological polar surface area (TPSA) is 37.8 Å². The zero-order chi connectivity index (χ0) is 15.4. The Morgan fingerprint density at radius 2 is 2.05 bits per heavy atom. The molecule has 3 aromatic rings. The fourth-order valence-corrected chi connectivity index (χ4v) is 3.34. The lowest BCUT2D eigenvalue weighted by molar-refractivity contribution is 0.994. The molecule has 4 heteroatoms. The van der Waals surface area contributed by atoms with Crippen LogP contribution in [0.1, 0.15) is 23.2 Å². The van der Waals surface area contributed by atoms with Crippen LogP contribution in [-0.2, 0) is 12.8 Å². The predicted octanol–water partition coefficient (Wildman–Crippen LogP) is 4.44. The Labute approximate surface area is 134 Å². The van der Waals surface area contributed by atoms with Gasteiger partial charge in [0.25, 0.3) is 0 Å². The predicted molar refractivity (Wildman–Crippen MR) is 94.7 cm³/mol. The van der Waals surface area contributed by atoms with Gasteiger partial charge in [-0.05, 0) is 18.1 Å². The Morgan fingerprint density at radius 3 is 2.77 bits per heavy atom. The summed E-state index contributed by atoms with van der Waals surface area (Å²) in [6, 6.07) is 12.5. The molecule has 0 atom stereocenters. The highest BCUT2D eigenvalue weighted by molar-refractivity contribution is 7.18. The van der Waals surface area contributed by atoms with Crippen LogP contribution >= 0.6 is 11.3 Å². The van der Waals surface area contributed by atoms with Crippen molar-refractivity contribution in [3.8, 4) is 0 Å². The number of nitrogens with one attached hydrogen (secondary N) is 1. The normalized spacial score (nSPS) is 10.8. The molecule has 0 saturated heterocycles. The van der Waals surface area contributed by atoms with E-state index in [0.717, 1.165) is 34.7 Å². The third kappa shape index (κ3) is 3.17. The number of hydrogen-bond acceptors (Lipinski definition) is 4. The van der Waals surface area contributed by atoms with E-state index < -0.39 is 0 Å². The van der Waals surface area contributed by atoms with E-state index in [4.69, 9.17) is 9.97 Å². The number of aromatic nitrogens is 2. The number of anilines is 1. The van der Waals surface area contributed by atoms with Crippen molar-refractivity contribution in [3.05, 3.63) is 65.3 Å². The number of nitrogens with zero attached hydrogens (tertiary/aromatic N) is 2. The first-order valence-corrected chi connectivity index (χ1v) is 8.30. The molecule has 2 aromatic heterocycles. The third-order valence-electron chi connectivity index (χ3n) is 3.46. The summed E-state index contributed by atoms with van der Waals surface area (Å²) >= 11 is 1.75.